The van der Waals surface area contributed by atoms with Gasteiger partial charge in [-0.3, -0.25) is 4.98 Å². The fraction of sp³-hybridized carbons (Fsp3) is 0.467. The van der Waals surface area contributed by atoms with Crippen molar-refractivity contribution in [3.05, 3.63) is 35.3 Å². The molecule has 0 radical (unpaired) electrons. The largest absolute Gasteiger partial charge is 0.388 e. The van der Waals surface area contributed by atoms with Gasteiger partial charge in [0, 0.05) is 34.8 Å². The van der Waals surface area contributed by atoms with E-state index in [4.69, 9.17) is 0 Å². The van der Waals surface area contributed by atoms with Gasteiger partial charge in [0.2, 0.25) is 0 Å². The van der Waals surface area contributed by atoms with E-state index in [2.05, 4.69) is 25.9 Å². The van der Waals surface area contributed by atoms with Crippen molar-refractivity contribution in [2.45, 2.75) is 44.2 Å². The van der Waals surface area contributed by atoms with Gasteiger partial charge in [0.25, 0.3) is 0 Å². The number of aromatic nitrogens is 3. The van der Waals surface area contributed by atoms with E-state index in [0.29, 0.717) is 6.54 Å². The summed E-state index contributed by atoms with van der Waals surface area (Å²) in [5, 5.41) is 10.7. The Labute approximate surface area is 127 Å². The van der Waals surface area contributed by atoms with E-state index >= 15 is 0 Å². The molecule has 5 heteroatoms. The van der Waals surface area contributed by atoms with E-state index in [1.807, 2.05) is 16.8 Å². The van der Waals surface area contributed by atoms with Gasteiger partial charge in [0.05, 0.1) is 12.1 Å². The van der Waals surface area contributed by atoms with Crippen molar-refractivity contribution < 1.29 is 5.11 Å². The fourth-order valence-electron chi connectivity index (χ4n) is 2.92. The van der Waals surface area contributed by atoms with Crippen LogP contribution in [0.25, 0.3) is 11.4 Å². The topological polar surface area (TPSA) is 50.9 Å². The molecule has 20 heavy (non-hydrogen) atoms. The third-order valence-corrected chi connectivity index (χ3v) is 4.36. The number of hydrogen-bond acceptors (Lipinski definition) is 3. The first-order valence-corrected chi connectivity index (χ1v) is 7.80. The number of halogens is 1. The van der Waals surface area contributed by atoms with Gasteiger partial charge >= 0.3 is 0 Å². The molecule has 0 atom stereocenters. The predicted octanol–water partition coefficient (Wildman–Crippen LogP) is 3.40. The Bertz CT molecular complexity index is 590. The van der Waals surface area contributed by atoms with Gasteiger partial charge in [-0.15, -0.1) is 0 Å². The van der Waals surface area contributed by atoms with Crippen LogP contribution >= 0.6 is 15.9 Å². The lowest BCUT2D eigenvalue weighted by Gasteiger charge is -2.32. The van der Waals surface area contributed by atoms with Crippen molar-refractivity contribution in [3.63, 3.8) is 0 Å². The molecular formula is C15H18BrN3O. The Morgan fingerprint density at radius 2 is 2.05 bits per heavy atom. The minimum absolute atomic E-state index is 0.590. The number of aliphatic hydroxyl groups is 1. The maximum Gasteiger partial charge on any atom is 0.141 e. The van der Waals surface area contributed by atoms with Crippen LogP contribution < -0.4 is 0 Å². The molecule has 1 aliphatic rings. The minimum Gasteiger partial charge on any atom is -0.388 e. The molecule has 2 aromatic heterocycles. The number of imidazole rings is 1. The first-order chi connectivity index (χ1) is 9.66. The van der Waals surface area contributed by atoms with Crippen molar-refractivity contribution in [3.8, 4) is 11.4 Å². The van der Waals surface area contributed by atoms with E-state index in [0.717, 1.165) is 41.5 Å². The summed E-state index contributed by atoms with van der Waals surface area (Å²) in [5.74, 6) is 0.859. The summed E-state index contributed by atoms with van der Waals surface area (Å²) < 4.78 is 2.97. The molecule has 4 nitrogen and oxygen atoms in total. The van der Waals surface area contributed by atoms with E-state index in [9.17, 15) is 5.11 Å². The zero-order valence-corrected chi connectivity index (χ0v) is 12.9. The molecule has 3 rings (SSSR count). The summed E-state index contributed by atoms with van der Waals surface area (Å²) in [6.45, 7) is 0.606. The Hall–Kier alpha value is -1.20. The molecular weight excluding hydrogens is 318 g/mol. The first-order valence-electron chi connectivity index (χ1n) is 7.01. The molecule has 1 fully saturated rings. The van der Waals surface area contributed by atoms with E-state index in [1.165, 1.54) is 6.42 Å². The second-order valence-electron chi connectivity index (χ2n) is 5.56. The van der Waals surface area contributed by atoms with Crippen molar-refractivity contribution in [2.75, 3.05) is 0 Å². The van der Waals surface area contributed by atoms with Crippen LogP contribution in [0.5, 0.6) is 0 Å². The second kappa shape index (κ2) is 5.66. The van der Waals surface area contributed by atoms with Crippen molar-refractivity contribution >= 4 is 15.9 Å². The van der Waals surface area contributed by atoms with Gasteiger partial charge in [0.1, 0.15) is 5.82 Å². The third kappa shape index (κ3) is 2.94. The van der Waals surface area contributed by atoms with Gasteiger partial charge < -0.3 is 9.67 Å². The molecule has 1 aliphatic carbocycles. The Morgan fingerprint density at radius 1 is 1.25 bits per heavy atom. The van der Waals surface area contributed by atoms with Gasteiger partial charge in [-0.2, -0.15) is 0 Å². The molecule has 0 amide bonds. The lowest BCUT2D eigenvalue weighted by molar-refractivity contribution is -0.0111. The molecule has 0 saturated heterocycles. The molecule has 0 aliphatic heterocycles. The lowest BCUT2D eigenvalue weighted by atomic mass is 9.85. The minimum atomic E-state index is -0.590. The average molecular weight is 336 g/mol. The maximum atomic E-state index is 10.7. The van der Waals surface area contributed by atoms with E-state index in [-0.39, 0.29) is 0 Å². The molecule has 2 aromatic rings. The van der Waals surface area contributed by atoms with Gasteiger partial charge in [-0.1, -0.05) is 19.3 Å². The fourth-order valence-corrected chi connectivity index (χ4v) is 3.28. The quantitative estimate of drug-likeness (QED) is 0.935. The highest BCUT2D eigenvalue weighted by molar-refractivity contribution is 9.10. The van der Waals surface area contributed by atoms with Crippen LogP contribution in [0.15, 0.2) is 35.3 Å². The second-order valence-corrected chi connectivity index (χ2v) is 6.47. The number of hydrogen-bond donors (Lipinski definition) is 1. The van der Waals surface area contributed by atoms with Crippen LogP contribution in [0.1, 0.15) is 32.1 Å². The highest BCUT2D eigenvalue weighted by atomic mass is 79.9. The van der Waals surface area contributed by atoms with Crippen LogP contribution in [-0.4, -0.2) is 25.2 Å². The Morgan fingerprint density at radius 3 is 2.80 bits per heavy atom. The summed E-state index contributed by atoms with van der Waals surface area (Å²) in [5.41, 5.74) is 0.372. The van der Waals surface area contributed by atoms with Crippen LogP contribution in [0.2, 0.25) is 0 Å². The highest BCUT2D eigenvalue weighted by Gasteiger charge is 2.30. The summed E-state index contributed by atoms with van der Waals surface area (Å²) >= 11 is 3.43. The lowest BCUT2D eigenvalue weighted by Crippen LogP contribution is -2.36. The summed E-state index contributed by atoms with van der Waals surface area (Å²) in [7, 11) is 0. The van der Waals surface area contributed by atoms with Crippen molar-refractivity contribution in [1.82, 2.24) is 14.5 Å². The monoisotopic (exact) mass is 335 g/mol. The third-order valence-electron chi connectivity index (χ3n) is 3.93. The molecule has 1 N–H and O–H groups in total. The maximum absolute atomic E-state index is 10.7. The van der Waals surface area contributed by atoms with Crippen LogP contribution in [0, 0.1) is 0 Å². The zero-order chi connectivity index (χ0) is 14.0. The van der Waals surface area contributed by atoms with Gasteiger partial charge in [0.15, 0.2) is 0 Å². The summed E-state index contributed by atoms with van der Waals surface area (Å²) in [6, 6.07) is 2.00. The van der Waals surface area contributed by atoms with E-state index in [1.54, 1.807) is 18.6 Å². The average Bonchev–Trinajstić information content (AvgIpc) is 2.87. The zero-order valence-electron chi connectivity index (χ0n) is 11.3. The number of nitrogens with zero attached hydrogens (tertiary/aromatic N) is 3. The molecule has 0 spiro atoms. The number of rotatable bonds is 3. The molecule has 2 heterocycles. The Balaban J connectivity index is 1.87. The SMILES string of the molecule is OC1(Cn2ccnc2-c2cncc(Br)c2)CCCCC1. The van der Waals surface area contributed by atoms with Crippen LogP contribution in [0.4, 0.5) is 0 Å². The molecule has 0 unspecified atom stereocenters. The highest BCUT2D eigenvalue weighted by Crippen LogP contribution is 2.31. The smallest absolute Gasteiger partial charge is 0.141 e. The Kier molecular flexibility index (Phi) is 3.89. The molecule has 1 saturated carbocycles. The normalized spacial score (nSPS) is 18.1. The van der Waals surface area contributed by atoms with Gasteiger partial charge in [-0.25, -0.2) is 4.98 Å². The summed E-state index contributed by atoms with van der Waals surface area (Å²) in [4.78, 5) is 8.60. The van der Waals surface area contributed by atoms with Crippen LogP contribution in [0.3, 0.4) is 0 Å². The molecule has 0 aromatic carbocycles. The van der Waals surface area contributed by atoms with Crippen molar-refractivity contribution in [1.29, 1.82) is 0 Å². The molecule has 0 bridgehead atoms. The van der Waals surface area contributed by atoms with E-state index < -0.39 is 5.60 Å². The number of pyridine rings is 1. The molecule has 106 valence electrons. The van der Waals surface area contributed by atoms with Crippen molar-refractivity contribution in [2.24, 2.45) is 0 Å². The van der Waals surface area contributed by atoms with Crippen LogP contribution in [-0.2, 0) is 6.54 Å². The summed E-state index contributed by atoms with van der Waals surface area (Å²) in [6.07, 6.45) is 12.5. The first kappa shape index (κ1) is 13.8. The predicted molar refractivity (Wildman–Crippen MR) is 81.2 cm³/mol. The standard InChI is InChI=1S/C15H18BrN3O/c16-13-8-12(9-17-10-13)14-18-6-7-19(14)11-15(20)4-2-1-3-5-15/h6-10,20H,1-5,11H2. The van der Waals surface area contributed by atoms with Gasteiger partial charge in [-0.05, 0) is 34.8 Å².